The number of thioether (sulfide) groups is 1. The molecule has 1 fully saturated rings. The van der Waals surface area contributed by atoms with E-state index in [1.54, 1.807) is 0 Å². The minimum atomic E-state index is -0.175. The van der Waals surface area contributed by atoms with Crippen molar-refractivity contribution in [2.75, 3.05) is 32.8 Å². The fourth-order valence-electron chi connectivity index (χ4n) is 3.27. The van der Waals surface area contributed by atoms with E-state index in [9.17, 15) is 5.11 Å². The average molecular weight is 373 g/mol. The van der Waals surface area contributed by atoms with Gasteiger partial charge in [-0.05, 0) is 11.6 Å². The van der Waals surface area contributed by atoms with Gasteiger partial charge in [0.25, 0.3) is 0 Å². The van der Waals surface area contributed by atoms with E-state index in [1.807, 2.05) is 11.8 Å². The first-order valence-corrected chi connectivity index (χ1v) is 9.40. The van der Waals surface area contributed by atoms with Gasteiger partial charge in [-0.3, -0.25) is 4.90 Å². The number of aliphatic hydroxyl groups is 1. The molecule has 1 aromatic carbocycles. The quantitative estimate of drug-likeness (QED) is 0.767. The second kappa shape index (κ2) is 8.91. The van der Waals surface area contributed by atoms with Gasteiger partial charge in [-0.15, -0.1) is 24.2 Å². The van der Waals surface area contributed by atoms with Crippen molar-refractivity contribution < 1.29 is 5.11 Å². The van der Waals surface area contributed by atoms with Crippen molar-refractivity contribution in [3.05, 3.63) is 29.8 Å². The van der Waals surface area contributed by atoms with Crippen LogP contribution in [-0.2, 0) is 0 Å². The molecule has 1 aliphatic heterocycles. The Kier molecular flexibility index (Phi) is 8.08. The molecule has 0 unspecified atom stereocenters. The smallest absolute Gasteiger partial charge is 0.0500 e. The molecule has 0 aliphatic carbocycles. The summed E-state index contributed by atoms with van der Waals surface area (Å²) in [6.07, 6.45) is 0. The molecule has 0 aromatic heterocycles. The van der Waals surface area contributed by atoms with E-state index in [0.29, 0.717) is 0 Å². The lowest BCUT2D eigenvalue weighted by molar-refractivity contribution is 0.0291. The van der Waals surface area contributed by atoms with Crippen LogP contribution < -0.4 is 5.32 Å². The minimum absolute atomic E-state index is 0. The SMILES string of the molecule is CC(C)(C)Sc1ccccc1[C@H](N1CCNCC1)C(C)(C)CO.Cl. The Bertz CT molecular complexity index is 510. The van der Waals surface area contributed by atoms with Crippen LogP contribution in [0.25, 0.3) is 0 Å². The lowest BCUT2D eigenvalue weighted by Crippen LogP contribution is -2.49. The van der Waals surface area contributed by atoms with Gasteiger partial charge < -0.3 is 10.4 Å². The van der Waals surface area contributed by atoms with Gasteiger partial charge in [-0.25, -0.2) is 0 Å². The summed E-state index contributed by atoms with van der Waals surface area (Å²) in [7, 11) is 0. The summed E-state index contributed by atoms with van der Waals surface area (Å²) in [5.74, 6) is 0. The normalized spacial score (nSPS) is 18.1. The van der Waals surface area contributed by atoms with Gasteiger partial charge in [0.15, 0.2) is 0 Å². The van der Waals surface area contributed by atoms with Crippen LogP contribution in [0.5, 0.6) is 0 Å². The van der Waals surface area contributed by atoms with Gasteiger partial charge in [0, 0.05) is 53.9 Å². The lowest BCUT2D eigenvalue weighted by Gasteiger charge is -2.44. The first kappa shape index (κ1) is 21.8. The second-order valence-corrected chi connectivity index (χ2v) is 9.96. The van der Waals surface area contributed by atoms with Gasteiger partial charge in [0.2, 0.25) is 0 Å². The molecule has 1 heterocycles. The highest BCUT2D eigenvalue weighted by molar-refractivity contribution is 8.00. The molecule has 5 heteroatoms. The Morgan fingerprint density at radius 3 is 2.25 bits per heavy atom. The molecule has 2 N–H and O–H groups in total. The summed E-state index contributed by atoms with van der Waals surface area (Å²) >= 11 is 1.92. The molecular weight excluding hydrogens is 340 g/mol. The van der Waals surface area contributed by atoms with Crippen LogP contribution in [0.3, 0.4) is 0 Å². The summed E-state index contributed by atoms with van der Waals surface area (Å²) in [4.78, 5) is 3.87. The number of rotatable bonds is 5. The molecule has 0 spiro atoms. The zero-order chi connectivity index (χ0) is 17.1. The summed E-state index contributed by atoms with van der Waals surface area (Å²) < 4.78 is 0.174. The number of halogens is 1. The van der Waals surface area contributed by atoms with Crippen molar-refractivity contribution in [3.63, 3.8) is 0 Å². The number of hydrogen-bond acceptors (Lipinski definition) is 4. The topological polar surface area (TPSA) is 35.5 Å². The standard InChI is InChI=1S/C19H32N2OS.ClH/c1-18(2,3)23-16-9-7-6-8-15(16)17(19(4,5)14-22)21-12-10-20-11-13-21;/h6-9,17,20,22H,10-14H2,1-5H3;1H/t17-;/m0./s1. The van der Waals surface area contributed by atoms with E-state index in [2.05, 4.69) is 69.1 Å². The van der Waals surface area contributed by atoms with Crippen LogP contribution in [0.15, 0.2) is 29.2 Å². The Balaban J connectivity index is 0.00000288. The molecule has 24 heavy (non-hydrogen) atoms. The maximum atomic E-state index is 10.0. The van der Waals surface area contributed by atoms with Crippen LogP contribution in [0.4, 0.5) is 0 Å². The highest BCUT2D eigenvalue weighted by atomic mass is 35.5. The first-order valence-electron chi connectivity index (χ1n) is 8.58. The van der Waals surface area contributed by atoms with E-state index in [-0.39, 0.29) is 35.2 Å². The van der Waals surface area contributed by atoms with Crippen molar-refractivity contribution in [1.82, 2.24) is 10.2 Å². The van der Waals surface area contributed by atoms with Crippen molar-refractivity contribution in [3.8, 4) is 0 Å². The molecule has 0 radical (unpaired) electrons. The van der Waals surface area contributed by atoms with Crippen LogP contribution in [0.2, 0.25) is 0 Å². The Morgan fingerprint density at radius 2 is 1.71 bits per heavy atom. The maximum absolute atomic E-state index is 10.0. The Labute approximate surface area is 158 Å². The molecular formula is C19H33ClN2OS. The largest absolute Gasteiger partial charge is 0.396 e. The number of nitrogens with zero attached hydrogens (tertiary/aromatic N) is 1. The fourth-order valence-corrected chi connectivity index (χ4v) is 4.37. The molecule has 1 atom stereocenters. The average Bonchev–Trinajstić information content (AvgIpc) is 2.49. The number of nitrogens with one attached hydrogen (secondary N) is 1. The van der Waals surface area contributed by atoms with Crippen molar-refractivity contribution >= 4 is 24.2 Å². The maximum Gasteiger partial charge on any atom is 0.0500 e. The van der Waals surface area contributed by atoms with Crippen LogP contribution >= 0.6 is 24.2 Å². The highest BCUT2D eigenvalue weighted by Gasteiger charge is 2.37. The number of hydrogen-bond donors (Lipinski definition) is 2. The minimum Gasteiger partial charge on any atom is -0.396 e. The molecule has 0 amide bonds. The molecule has 1 aromatic rings. The number of piperazine rings is 1. The number of aliphatic hydroxyl groups excluding tert-OH is 1. The Hall–Kier alpha value is -0.260. The van der Waals surface area contributed by atoms with Crippen molar-refractivity contribution in [1.29, 1.82) is 0 Å². The first-order chi connectivity index (χ1) is 10.7. The molecule has 1 aliphatic rings. The number of benzene rings is 1. The van der Waals surface area contributed by atoms with Crippen LogP contribution in [-0.4, -0.2) is 47.5 Å². The van der Waals surface area contributed by atoms with Gasteiger partial charge >= 0.3 is 0 Å². The summed E-state index contributed by atoms with van der Waals surface area (Å²) in [5, 5.41) is 13.5. The van der Waals surface area contributed by atoms with E-state index in [0.717, 1.165) is 26.2 Å². The van der Waals surface area contributed by atoms with E-state index >= 15 is 0 Å². The summed E-state index contributed by atoms with van der Waals surface area (Å²) in [5.41, 5.74) is 1.18. The molecule has 3 nitrogen and oxygen atoms in total. The van der Waals surface area contributed by atoms with Crippen molar-refractivity contribution in [2.45, 2.75) is 50.3 Å². The second-order valence-electron chi connectivity index (χ2n) is 8.09. The fraction of sp³-hybridized carbons (Fsp3) is 0.684. The third-order valence-corrected chi connectivity index (χ3v) is 5.50. The third-order valence-electron chi connectivity index (χ3n) is 4.29. The van der Waals surface area contributed by atoms with Gasteiger partial charge in [-0.1, -0.05) is 52.8 Å². The molecule has 138 valence electrons. The highest BCUT2D eigenvalue weighted by Crippen LogP contribution is 2.44. The van der Waals surface area contributed by atoms with Gasteiger partial charge in [0.05, 0.1) is 0 Å². The molecule has 2 rings (SSSR count). The summed E-state index contributed by atoms with van der Waals surface area (Å²) in [6.45, 7) is 15.4. The van der Waals surface area contributed by atoms with E-state index in [1.165, 1.54) is 10.5 Å². The zero-order valence-corrected chi connectivity index (χ0v) is 17.3. The zero-order valence-electron chi connectivity index (χ0n) is 15.6. The van der Waals surface area contributed by atoms with Crippen LogP contribution in [0, 0.1) is 5.41 Å². The summed E-state index contributed by atoms with van der Waals surface area (Å²) in [6, 6.07) is 8.97. The Morgan fingerprint density at radius 1 is 1.12 bits per heavy atom. The van der Waals surface area contributed by atoms with Crippen molar-refractivity contribution in [2.24, 2.45) is 5.41 Å². The molecule has 0 saturated carbocycles. The lowest BCUT2D eigenvalue weighted by atomic mass is 9.79. The predicted molar refractivity (Wildman–Crippen MR) is 107 cm³/mol. The molecule has 1 saturated heterocycles. The van der Waals surface area contributed by atoms with Crippen LogP contribution in [0.1, 0.15) is 46.2 Å². The van der Waals surface area contributed by atoms with E-state index < -0.39 is 0 Å². The van der Waals surface area contributed by atoms with Gasteiger partial charge in [-0.2, -0.15) is 0 Å². The third kappa shape index (κ3) is 5.63. The molecule has 0 bridgehead atoms. The van der Waals surface area contributed by atoms with Gasteiger partial charge in [0.1, 0.15) is 0 Å². The predicted octanol–water partition coefficient (Wildman–Crippen LogP) is 3.96. The monoisotopic (exact) mass is 372 g/mol. The van der Waals surface area contributed by atoms with E-state index in [4.69, 9.17) is 0 Å².